The standard InChI is InChI=1S/C19H28N4O/c1-22-10-2-3-11-23(22)17-8-6-16(7-9-17)21-18(24)19(20)13-14-4-5-15(19)12-14/h6-9,14-15H,2-5,10-13,20H2,1H3,(H,21,24). The van der Waals surface area contributed by atoms with E-state index < -0.39 is 5.54 Å². The van der Waals surface area contributed by atoms with Crippen molar-refractivity contribution in [2.75, 3.05) is 30.5 Å². The van der Waals surface area contributed by atoms with Gasteiger partial charge in [-0.1, -0.05) is 6.42 Å². The molecule has 3 aliphatic rings. The van der Waals surface area contributed by atoms with Gasteiger partial charge in [-0.05, 0) is 68.2 Å². The van der Waals surface area contributed by atoms with Crippen LogP contribution < -0.4 is 16.1 Å². The number of carbonyl (C=O) groups is 1. The van der Waals surface area contributed by atoms with Gasteiger partial charge in [0, 0.05) is 25.8 Å². The molecule has 0 aromatic heterocycles. The van der Waals surface area contributed by atoms with Gasteiger partial charge in [0.05, 0.1) is 11.2 Å². The average Bonchev–Trinajstić information content (AvgIpc) is 3.17. The zero-order valence-corrected chi connectivity index (χ0v) is 14.5. The highest BCUT2D eigenvalue weighted by molar-refractivity contribution is 5.98. The van der Waals surface area contributed by atoms with Crippen molar-refractivity contribution in [1.82, 2.24) is 5.01 Å². The Morgan fingerprint density at radius 1 is 1.21 bits per heavy atom. The molecule has 1 amide bonds. The molecule has 1 aromatic rings. The minimum atomic E-state index is -0.658. The maximum Gasteiger partial charge on any atom is 0.244 e. The molecule has 3 unspecified atom stereocenters. The van der Waals surface area contributed by atoms with E-state index in [-0.39, 0.29) is 5.91 Å². The van der Waals surface area contributed by atoms with Crippen LogP contribution in [0.15, 0.2) is 24.3 Å². The molecule has 0 radical (unpaired) electrons. The summed E-state index contributed by atoms with van der Waals surface area (Å²) in [6.07, 6.45) is 6.80. The lowest BCUT2D eigenvalue weighted by Crippen LogP contribution is -2.54. The Bertz CT molecular complexity index is 616. The fourth-order valence-corrected chi connectivity index (χ4v) is 4.83. The van der Waals surface area contributed by atoms with Crippen LogP contribution in [0.2, 0.25) is 0 Å². The third-order valence-corrected chi connectivity index (χ3v) is 6.26. The number of benzene rings is 1. The van der Waals surface area contributed by atoms with E-state index in [0.717, 1.165) is 38.0 Å². The van der Waals surface area contributed by atoms with Gasteiger partial charge in [0.2, 0.25) is 5.91 Å². The summed E-state index contributed by atoms with van der Waals surface area (Å²) in [4.78, 5) is 12.7. The molecule has 3 atom stereocenters. The molecule has 2 saturated carbocycles. The number of hydrazine groups is 1. The van der Waals surface area contributed by atoms with Crippen molar-refractivity contribution < 1.29 is 4.79 Å². The van der Waals surface area contributed by atoms with Crippen LogP contribution in [-0.2, 0) is 4.79 Å². The maximum atomic E-state index is 12.7. The second-order valence-corrected chi connectivity index (χ2v) is 7.83. The molecular weight excluding hydrogens is 300 g/mol. The topological polar surface area (TPSA) is 61.6 Å². The number of hydrogen-bond donors (Lipinski definition) is 2. The fourth-order valence-electron chi connectivity index (χ4n) is 4.83. The third-order valence-electron chi connectivity index (χ3n) is 6.26. The Hall–Kier alpha value is -1.59. The normalized spacial score (nSPS) is 33.0. The summed E-state index contributed by atoms with van der Waals surface area (Å²) in [5.74, 6) is 1.02. The van der Waals surface area contributed by atoms with Crippen molar-refractivity contribution in [3.05, 3.63) is 24.3 Å². The SMILES string of the molecule is CN1CCCCN1c1ccc(NC(=O)C2(N)CC3CCC2C3)cc1. The second kappa shape index (κ2) is 6.05. The largest absolute Gasteiger partial charge is 0.324 e. The molecule has 130 valence electrons. The van der Waals surface area contributed by atoms with Crippen molar-refractivity contribution in [3.8, 4) is 0 Å². The van der Waals surface area contributed by atoms with E-state index in [1.807, 2.05) is 12.1 Å². The summed E-state index contributed by atoms with van der Waals surface area (Å²) in [6.45, 7) is 2.15. The van der Waals surface area contributed by atoms with Crippen LogP contribution in [0, 0.1) is 11.8 Å². The van der Waals surface area contributed by atoms with Gasteiger partial charge < -0.3 is 16.1 Å². The van der Waals surface area contributed by atoms with E-state index in [4.69, 9.17) is 5.73 Å². The van der Waals surface area contributed by atoms with Gasteiger partial charge >= 0.3 is 0 Å². The maximum absolute atomic E-state index is 12.7. The van der Waals surface area contributed by atoms with Crippen LogP contribution in [0.3, 0.4) is 0 Å². The number of nitrogens with one attached hydrogen (secondary N) is 1. The van der Waals surface area contributed by atoms with E-state index >= 15 is 0 Å². The lowest BCUT2D eigenvalue weighted by molar-refractivity contribution is -0.122. The van der Waals surface area contributed by atoms with Gasteiger partial charge in [-0.2, -0.15) is 0 Å². The Kier molecular flexibility index (Phi) is 4.01. The minimum absolute atomic E-state index is 0.00228. The molecule has 1 saturated heterocycles. The van der Waals surface area contributed by atoms with E-state index in [0.29, 0.717) is 11.8 Å². The molecule has 5 heteroatoms. The zero-order chi connectivity index (χ0) is 16.7. The van der Waals surface area contributed by atoms with Crippen molar-refractivity contribution in [3.63, 3.8) is 0 Å². The summed E-state index contributed by atoms with van der Waals surface area (Å²) in [5.41, 5.74) is 7.84. The van der Waals surface area contributed by atoms with Crippen LogP contribution in [0.1, 0.15) is 38.5 Å². The van der Waals surface area contributed by atoms with Crippen molar-refractivity contribution >= 4 is 17.3 Å². The first-order chi connectivity index (χ1) is 11.6. The molecule has 0 spiro atoms. The molecule has 24 heavy (non-hydrogen) atoms. The Balaban J connectivity index is 1.43. The Labute approximate surface area is 144 Å². The number of hydrogen-bond acceptors (Lipinski definition) is 4. The summed E-state index contributed by atoms with van der Waals surface area (Å²) in [7, 11) is 2.13. The highest BCUT2D eigenvalue weighted by Gasteiger charge is 2.53. The first kappa shape index (κ1) is 15.9. The van der Waals surface area contributed by atoms with Crippen molar-refractivity contribution in [2.45, 2.75) is 44.1 Å². The van der Waals surface area contributed by atoms with Gasteiger partial charge in [0.25, 0.3) is 0 Å². The summed E-state index contributed by atoms with van der Waals surface area (Å²) in [5, 5.41) is 7.62. The highest BCUT2D eigenvalue weighted by Crippen LogP contribution is 2.49. The first-order valence-electron chi connectivity index (χ1n) is 9.25. The summed E-state index contributed by atoms with van der Waals surface area (Å²) < 4.78 is 0. The van der Waals surface area contributed by atoms with Gasteiger partial charge in [0.1, 0.15) is 0 Å². The minimum Gasteiger partial charge on any atom is -0.324 e. The van der Waals surface area contributed by atoms with Crippen LogP contribution >= 0.6 is 0 Å². The molecule has 1 aromatic carbocycles. The lowest BCUT2D eigenvalue weighted by Gasteiger charge is -2.37. The Morgan fingerprint density at radius 2 is 1.96 bits per heavy atom. The molecule has 3 N–H and O–H groups in total. The fraction of sp³-hybridized carbons (Fsp3) is 0.632. The predicted octanol–water partition coefficient (Wildman–Crippen LogP) is 2.59. The number of amides is 1. The van der Waals surface area contributed by atoms with Gasteiger partial charge in [-0.15, -0.1) is 0 Å². The smallest absolute Gasteiger partial charge is 0.244 e. The average molecular weight is 328 g/mol. The van der Waals surface area contributed by atoms with E-state index in [2.05, 4.69) is 34.5 Å². The van der Waals surface area contributed by atoms with Crippen LogP contribution in [0.25, 0.3) is 0 Å². The molecule has 2 aliphatic carbocycles. The number of fused-ring (bicyclic) bond motifs is 2. The molecular formula is C19H28N4O. The molecule has 1 aliphatic heterocycles. The molecule has 5 nitrogen and oxygen atoms in total. The van der Waals surface area contributed by atoms with Gasteiger partial charge in [-0.25, -0.2) is 5.01 Å². The van der Waals surface area contributed by atoms with E-state index in [9.17, 15) is 4.79 Å². The first-order valence-corrected chi connectivity index (χ1v) is 9.25. The van der Waals surface area contributed by atoms with E-state index in [1.165, 1.54) is 24.9 Å². The van der Waals surface area contributed by atoms with Crippen LogP contribution in [-0.4, -0.2) is 36.6 Å². The van der Waals surface area contributed by atoms with Crippen LogP contribution in [0.4, 0.5) is 11.4 Å². The predicted molar refractivity (Wildman–Crippen MR) is 96.6 cm³/mol. The summed E-state index contributed by atoms with van der Waals surface area (Å²) in [6, 6.07) is 8.15. The van der Waals surface area contributed by atoms with Crippen molar-refractivity contribution in [1.29, 1.82) is 0 Å². The lowest BCUT2D eigenvalue weighted by atomic mass is 9.81. The Morgan fingerprint density at radius 3 is 2.58 bits per heavy atom. The number of anilines is 2. The number of nitrogens with two attached hydrogens (primary N) is 1. The molecule has 1 heterocycles. The second-order valence-electron chi connectivity index (χ2n) is 7.83. The number of rotatable bonds is 3. The van der Waals surface area contributed by atoms with E-state index in [1.54, 1.807) is 0 Å². The highest BCUT2D eigenvalue weighted by atomic mass is 16.2. The summed E-state index contributed by atoms with van der Waals surface area (Å²) >= 11 is 0. The number of carbonyl (C=O) groups excluding carboxylic acids is 1. The van der Waals surface area contributed by atoms with Crippen LogP contribution in [0.5, 0.6) is 0 Å². The molecule has 2 bridgehead atoms. The monoisotopic (exact) mass is 328 g/mol. The third kappa shape index (κ3) is 2.70. The van der Waals surface area contributed by atoms with Crippen molar-refractivity contribution in [2.24, 2.45) is 17.6 Å². The van der Waals surface area contributed by atoms with Gasteiger partial charge in [-0.3, -0.25) is 4.79 Å². The number of nitrogens with zero attached hydrogens (tertiary/aromatic N) is 2. The zero-order valence-electron chi connectivity index (χ0n) is 14.5. The molecule has 4 rings (SSSR count). The molecule has 3 fully saturated rings. The quantitative estimate of drug-likeness (QED) is 0.895. The van der Waals surface area contributed by atoms with Gasteiger partial charge in [0.15, 0.2) is 0 Å².